The lowest BCUT2D eigenvalue weighted by Crippen LogP contribution is -2.34. The summed E-state index contributed by atoms with van der Waals surface area (Å²) in [5.74, 6) is -0.972. The third-order valence-electron chi connectivity index (χ3n) is 4.53. The van der Waals surface area contributed by atoms with Gasteiger partial charge in [0.05, 0.1) is 20.8 Å². The molecule has 1 amide bonds. The zero-order valence-electron chi connectivity index (χ0n) is 16.3. The van der Waals surface area contributed by atoms with Gasteiger partial charge in [0.15, 0.2) is 11.6 Å². The maximum atomic E-state index is 13.3. The van der Waals surface area contributed by atoms with Crippen molar-refractivity contribution in [1.82, 2.24) is 4.90 Å². The third kappa shape index (κ3) is 5.19. The van der Waals surface area contributed by atoms with Crippen molar-refractivity contribution in [3.63, 3.8) is 0 Å². The second-order valence-corrected chi connectivity index (χ2v) is 6.37. The minimum atomic E-state index is -0.889. The molecule has 0 saturated heterocycles. The molecule has 0 aliphatic rings. The smallest absolute Gasteiger partial charge is 0.254 e. The number of nitrogens with zero attached hydrogens (tertiary/aromatic N) is 1. The van der Waals surface area contributed by atoms with E-state index in [1.807, 2.05) is 6.92 Å². The zero-order valence-corrected chi connectivity index (χ0v) is 16.3. The van der Waals surface area contributed by atoms with Crippen LogP contribution in [0, 0.1) is 18.6 Å². The van der Waals surface area contributed by atoms with Crippen LogP contribution in [0.25, 0.3) is 0 Å². The Morgan fingerprint density at radius 1 is 1.04 bits per heavy atom. The van der Waals surface area contributed by atoms with E-state index in [2.05, 4.69) is 0 Å². The number of hydrogen-bond acceptors (Lipinski definition) is 4. The van der Waals surface area contributed by atoms with E-state index < -0.39 is 11.6 Å². The van der Waals surface area contributed by atoms with Crippen molar-refractivity contribution in [1.29, 1.82) is 0 Å². The molecule has 0 aliphatic heterocycles. The van der Waals surface area contributed by atoms with Gasteiger partial charge in [0.25, 0.3) is 5.91 Å². The number of amides is 1. The summed E-state index contributed by atoms with van der Waals surface area (Å²) in [5, 5.41) is 9.33. The van der Waals surface area contributed by atoms with E-state index in [1.165, 1.54) is 25.2 Å². The number of hydrogen-bond donors (Lipinski definition) is 1. The molecule has 1 N–H and O–H groups in total. The number of ether oxygens (including phenoxy) is 2. The van der Waals surface area contributed by atoms with Gasteiger partial charge in [-0.3, -0.25) is 4.79 Å². The van der Waals surface area contributed by atoms with Crippen LogP contribution < -0.4 is 9.47 Å². The average Bonchev–Trinajstić information content (AvgIpc) is 2.69. The molecule has 0 spiro atoms. The van der Waals surface area contributed by atoms with Gasteiger partial charge in [-0.15, -0.1) is 0 Å². The van der Waals surface area contributed by atoms with Gasteiger partial charge in [-0.1, -0.05) is 6.07 Å². The summed E-state index contributed by atoms with van der Waals surface area (Å²) in [6.07, 6.45) is 1.02. The Morgan fingerprint density at radius 2 is 1.68 bits per heavy atom. The predicted molar refractivity (Wildman–Crippen MR) is 102 cm³/mol. The molecular formula is C21H25F2NO4. The summed E-state index contributed by atoms with van der Waals surface area (Å²) >= 11 is 0. The zero-order chi connectivity index (χ0) is 20.7. The SMILES string of the molecule is COc1cc(C(=O)N(CCO)CCCc2ccc(F)c(F)c2)cc(OC)c1C. The molecule has 0 fully saturated rings. The van der Waals surface area contributed by atoms with Crippen LogP contribution in [0.4, 0.5) is 8.78 Å². The highest BCUT2D eigenvalue weighted by Crippen LogP contribution is 2.30. The number of rotatable bonds is 9. The molecule has 0 saturated carbocycles. The van der Waals surface area contributed by atoms with Gasteiger partial charge in [-0.2, -0.15) is 0 Å². The standard InChI is InChI=1S/C21H25F2NO4/c1-14-19(27-2)12-16(13-20(14)28-3)21(26)24(9-10-25)8-4-5-15-6-7-17(22)18(23)11-15/h6-7,11-13,25H,4-5,8-10H2,1-3H3. The van der Waals surface area contributed by atoms with Crippen molar-refractivity contribution < 1.29 is 28.2 Å². The molecule has 0 heterocycles. The molecule has 0 bridgehead atoms. The largest absolute Gasteiger partial charge is 0.496 e. The lowest BCUT2D eigenvalue weighted by Gasteiger charge is -2.23. The normalized spacial score (nSPS) is 10.6. The number of methoxy groups -OCH3 is 2. The highest BCUT2D eigenvalue weighted by Gasteiger charge is 2.19. The van der Waals surface area contributed by atoms with Crippen molar-refractivity contribution in [2.45, 2.75) is 19.8 Å². The van der Waals surface area contributed by atoms with Crippen molar-refractivity contribution in [2.24, 2.45) is 0 Å². The highest BCUT2D eigenvalue weighted by atomic mass is 19.2. The molecule has 2 aromatic carbocycles. The monoisotopic (exact) mass is 393 g/mol. The summed E-state index contributed by atoms with van der Waals surface area (Å²) in [4.78, 5) is 14.4. The van der Waals surface area contributed by atoms with Crippen LogP contribution in [0.3, 0.4) is 0 Å². The van der Waals surface area contributed by atoms with Crippen molar-refractivity contribution in [3.05, 3.63) is 58.7 Å². The molecule has 0 aromatic heterocycles. The van der Waals surface area contributed by atoms with Crippen molar-refractivity contribution in [3.8, 4) is 11.5 Å². The lowest BCUT2D eigenvalue weighted by atomic mass is 10.1. The van der Waals surface area contributed by atoms with Gasteiger partial charge >= 0.3 is 0 Å². The third-order valence-corrected chi connectivity index (χ3v) is 4.53. The Bertz CT molecular complexity index is 801. The number of halogens is 2. The van der Waals surface area contributed by atoms with Gasteiger partial charge in [0.2, 0.25) is 0 Å². The van der Waals surface area contributed by atoms with Gasteiger partial charge in [-0.05, 0) is 49.6 Å². The van der Waals surface area contributed by atoms with E-state index in [0.717, 1.165) is 17.7 Å². The minimum Gasteiger partial charge on any atom is -0.496 e. The number of aliphatic hydroxyl groups excluding tert-OH is 1. The molecule has 5 nitrogen and oxygen atoms in total. The molecular weight excluding hydrogens is 368 g/mol. The summed E-state index contributed by atoms with van der Waals surface area (Å²) in [6.45, 7) is 2.17. The Morgan fingerprint density at radius 3 is 2.21 bits per heavy atom. The van der Waals surface area contributed by atoms with Gasteiger partial charge < -0.3 is 19.5 Å². The summed E-state index contributed by atoms with van der Waals surface area (Å²) in [7, 11) is 3.03. The fourth-order valence-electron chi connectivity index (χ4n) is 3.00. The number of aliphatic hydroxyl groups is 1. The van der Waals surface area contributed by atoms with E-state index in [9.17, 15) is 18.7 Å². The van der Waals surface area contributed by atoms with E-state index in [-0.39, 0.29) is 19.1 Å². The summed E-state index contributed by atoms with van der Waals surface area (Å²) < 4.78 is 37.0. The molecule has 2 rings (SSSR count). The Kier molecular flexibility index (Phi) is 7.75. The fourth-order valence-corrected chi connectivity index (χ4v) is 3.00. The first-order valence-electron chi connectivity index (χ1n) is 8.98. The van der Waals surface area contributed by atoms with Crippen LogP contribution in [0.5, 0.6) is 11.5 Å². The van der Waals surface area contributed by atoms with Crippen molar-refractivity contribution in [2.75, 3.05) is 33.9 Å². The van der Waals surface area contributed by atoms with Gasteiger partial charge in [0.1, 0.15) is 11.5 Å². The minimum absolute atomic E-state index is 0.162. The van der Waals surface area contributed by atoms with Crippen LogP contribution in [-0.4, -0.2) is 49.8 Å². The quantitative estimate of drug-likeness (QED) is 0.710. The fraction of sp³-hybridized carbons (Fsp3) is 0.381. The highest BCUT2D eigenvalue weighted by molar-refractivity contribution is 5.95. The molecule has 0 unspecified atom stereocenters. The van der Waals surface area contributed by atoms with E-state index in [0.29, 0.717) is 42.0 Å². The summed E-state index contributed by atoms with van der Waals surface area (Å²) in [5.41, 5.74) is 1.82. The average molecular weight is 393 g/mol. The Balaban J connectivity index is 2.12. The number of benzene rings is 2. The van der Waals surface area contributed by atoms with E-state index in [1.54, 1.807) is 12.1 Å². The Hall–Kier alpha value is -2.67. The second-order valence-electron chi connectivity index (χ2n) is 6.37. The van der Waals surface area contributed by atoms with Crippen molar-refractivity contribution >= 4 is 5.91 Å². The van der Waals surface area contributed by atoms with Gasteiger partial charge in [0, 0.05) is 24.2 Å². The first kappa shape index (κ1) is 21.6. The number of carbonyl (C=O) groups is 1. The van der Waals surface area contributed by atoms with Crippen LogP contribution >= 0.6 is 0 Å². The first-order valence-corrected chi connectivity index (χ1v) is 8.98. The molecule has 2 aromatic rings. The van der Waals surface area contributed by atoms with E-state index in [4.69, 9.17) is 9.47 Å². The van der Waals surface area contributed by atoms with Crippen LogP contribution in [0.1, 0.15) is 27.9 Å². The van der Waals surface area contributed by atoms with Crippen LogP contribution in [0.2, 0.25) is 0 Å². The summed E-state index contributed by atoms with van der Waals surface area (Å²) in [6, 6.07) is 7.04. The topological polar surface area (TPSA) is 59.0 Å². The molecule has 0 radical (unpaired) electrons. The lowest BCUT2D eigenvalue weighted by molar-refractivity contribution is 0.0719. The molecule has 0 aliphatic carbocycles. The van der Waals surface area contributed by atoms with Crippen LogP contribution in [-0.2, 0) is 6.42 Å². The molecule has 28 heavy (non-hydrogen) atoms. The van der Waals surface area contributed by atoms with Crippen LogP contribution in [0.15, 0.2) is 30.3 Å². The number of aryl methyl sites for hydroxylation is 1. The second kappa shape index (κ2) is 10.0. The van der Waals surface area contributed by atoms with E-state index >= 15 is 0 Å². The Labute approximate surface area is 163 Å². The molecule has 7 heteroatoms. The molecule has 152 valence electrons. The van der Waals surface area contributed by atoms with Gasteiger partial charge in [-0.25, -0.2) is 8.78 Å². The number of carbonyl (C=O) groups excluding carboxylic acids is 1. The maximum absolute atomic E-state index is 13.3. The predicted octanol–water partition coefficient (Wildman–Crippen LogP) is 3.36. The first-order chi connectivity index (χ1) is 13.4. The maximum Gasteiger partial charge on any atom is 0.254 e. The molecule has 0 atom stereocenters.